The van der Waals surface area contributed by atoms with E-state index in [2.05, 4.69) is 16.9 Å². The summed E-state index contributed by atoms with van der Waals surface area (Å²) in [6.45, 7) is 5.04. The Morgan fingerprint density at radius 2 is 1.83 bits per heavy atom. The number of nitrogens with two attached hydrogens (primary N) is 1. The number of amides is 1. The number of primary sulfonamides is 1. The van der Waals surface area contributed by atoms with Gasteiger partial charge in [-0.2, -0.15) is 0 Å². The molecule has 0 aliphatic heterocycles. The number of hydrogen-bond acceptors (Lipinski definition) is 4. The van der Waals surface area contributed by atoms with E-state index >= 15 is 0 Å². The number of sulfonamides is 1. The number of nitrogens with zero attached hydrogens (tertiary/aromatic N) is 3. The van der Waals surface area contributed by atoms with Crippen LogP contribution < -0.4 is 10.5 Å². The summed E-state index contributed by atoms with van der Waals surface area (Å²) >= 11 is 0. The van der Waals surface area contributed by atoms with Crippen molar-refractivity contribution in [3.63, 3.8) is 0 Å². The van der Waals surface area contributed by atoms with Crippen molar-refractivity contribution in [2.24, 2.45) is 10.1 Å². The van der Waals surface area contributed by atoms with Gasteiger partial charge in [-0.25, -0.2) is 18.5 Å². The minimum absolute atomic E-state index is 0.0467. The minimum atomic E-state index is -3.71. The van der Waals surface area contributed by atoms with Gasteiger partial charge in [0.05, 0.1) is 18.0 Å². The molecule has 9 heteroatoms. The molecule has 29 heavy (non-hydrogen) atoms. The van der Waals surface area contributed by atoms with Gasteiger partial charge in [-0.3, -0.25) is 4.79 Å². The van der Waals surface area contributed by atoms with E-state index in [1.807, 2.05) is 18.0 Å². The molecule has 0 atom stereocenters. The number of aliphatic imine (C=N–C) groups is 1. The second-order valence-electron chi connectivity index (χ2n) is 7.03. The highest BCUT2D eigenvalue weighted by molar-refractivity contribution is 7.89. The molecule has 0 aliphatic carbocycles. The fourth-order valence-corrected chi connectivity index (χ4v) is 3.01. The third-order valence-corrected chi connectivity index (χ3v) is 5.25. The topological polar surface area (TPSA) is 108 Å². The van der Waals surface area contributed by atoms with Crippen LogP contribution >= 0.6 is 0 Å². The highest BCUT2D eigenvalue weighted by atomic mass is 32.2. The van der Waals surface area contributed by atoms with Crippen molar-refractivity contribution >= 4 is 21.9 Å². The van der Waals surface area contributed by atoms with Crippen LogP contribution in [0.1, 0.15) is 31.2 Å². The second-order valence-corrected chi connectivity index (χ2v) is 8.59. The number of unbranched alkanes of at least 4 members (excludes halogenated alkanes) is 3. The maximum absolute atomic E-state index is 11.9. The lowest BCUT2D eigenvalue weighted by atomic mass is 10.2. The van der Waals surface area contributed by atoms with Crippen LogP contribution in [-0.2, 0) is 21.4 Å². The molecule has 0 saturated heterocycles. The van der Waals surface area contributed by atoms with E-state index < -0.39 is 10.0 Å². The van der Waals surface area contributed by atoms with Gasteiger partial charge in [0, 0.05) is 27.7 Å². The van der Waals surface area contributed by atoms with Crippen molar-refractivity contribution in [1.29, 1.82) is 0 Å². The summed E-state index contributed by atoms with van der Waals surface area (Å²) in [6, 6.07) is 6.29. The summed E-state index contributed by atoms with van der Waals surface area (Å²) in [7, 11) is 1.63. The third-order valence-electron chi connectivity index (χ3n) is 4.32. The van der Waals surface area contributed by atoms with E-state index in [1.54, 1.807) is 26.2 Å². The van der Waals surface area contributed by atoms with E-state index in [1.165, 1.54) is 17.0 Å². The van der Waals surface area contributed by atoms with Crippen LogP contribution in [0, 0.1) is 0 Å². The van der Waals surface area contributed by atoms with Crippen LogP contribution in [0.25, 0.3) is 0 Å². The molecule has 1 amide bonds. The number of nitrogens with one attached hydrogen (secondary N) is 1. The summed E-state index contributed by atoms with van der Waals surface area (Å²) in [5.41, 5.74) is 0.843. The first kappa shape index (κ1) is 24.6. The lowest BCUT2D eigenvalue weighted by Gasteiger charge is -2.23. The van der Waals surface area contributed by atoms with Gasteiger partial charge in [0.25, 0.3) is 0 Å². The van der Waals surface area contributed by atoms with Crippen molar-refractivity contribution in [3.05, 3.63) is 42.5 Å². The molecule has 0 unspecified atom stereocenters. The van der Waals surface area contributed by atoms with Crippen molar-refractivity contribution in [1.82, 2.24) is 15.1 Å². The first-order chi connectivity index (χ1) is 13.6. The molecule has 162 valence electrons. The van der Waals surface area contributed by atoms with Gasteiger partial charge in [0.2, 0.25) is 15.9 Å². The normalized spacial score (nSPS) is 11.8. The molecule has 0 heterocycles. The molecular formula is C20H33N5O3S. The quantitative estimate of drug-likeness (QED) is 0.243. The molecule has 0 aliphatic rings. The first-order valence-corrected chi connectivity index (χ1v) is 11.1. The Morgan fingerprint density at radius 1 is 1.17 bits per heavy atom. The summed E-state index contributed by atoms with van der Waals surface area (Å²) in [4.78, 5) is 20.1. The third kappa shape index (κ3) is 9.58. The zero-order valence-corrected chi connectivity index (χ0v) is 18.4. The molecular weight excluding hydrogens is 390 g/mol. The lowest BCUT2D eigenvalue weighted by Crippen LogP contribution is -2.44. The van der Waals surface area contributed by atoms with Gasteiger partial charge >= 0.3 is 0 Å². The standard InChI is InChI=1S/C20H33N5O3S/c1-5-6-7-8-9-14-25(4)20(23-16-19(26)24(2)3)22-15-17-10-12-18(13-11-17)29(21,27)28/h5,10-13H,1,6-9,14-16H2,2-4H3,(H,22,23)(H2,21,27,28). The largest absolute Gasteiger partial charge is 0.347 e. The Labute approximate surface area is 174 Å². The number of guanidine groups is 1. The highest BCUT2D eigenvalue weighted by Gasteiger charge is 2.11. The molecule has 1 rings (SSSR count). The average Bonchev–Trinajstić information content (AvgIpc) is 2.67. The van der Waals surface area contributed by atoms with Crippen LogP contribution in [0.4, 0.5) is 0 Å². The predicted octanol–water partition coefficient (Wildman–Crippen LogP) is 1.55. The lowest BCUT2D eigenvalue weighted by molar-refractivity contribution is -0.127. The maximum Gasteiger partial charge on any atom is 0.241 e. The van der Waals surface area contributed by atoms with Crippen molar-refractivity contribution in [3.8, 4) is 0 Å². The Morgan fingerprint density at radius 3 is 2.38 bits per heavy atom. The molecule has 0 fully saturated rings. The van der Waals surface area contributed by atoms with Crippen LogP contribution in [-0.4, -0.2) is 64.3 Å². The first-order valence-electron chi connectivity index (χ1n) is 9.57. The molecule has 0 spiro atoms. The van der Waals surface area contributed by atoms with E-state index in [0.29, 0.717) is 12.5 Å². The second kappa shape index (κ2) is 12.2. The Hall–Kier alpha value is -2.39. The predicted molar refractivity (Wildman–Crippen MR) is 117 cm³/mol. The highest BCUT2D eigenvalue weighted by Crippen LogP contribution is 2.10. The van der Waals surface area contributed by atoms with E-state index in [0.717, 1.165) is 37.8 Å². The van der Waals surface area contributed by atoms with Crippen LogP contribution in [0.3, 0.4) is 0 Å². The molecule has 0 aromatic heterocycles. The Kier molecular flexibility index (Phi) is 10.4. The molecule has 1 aromatic rings. The van der Waals surface area contributed by atoms with Gasteiger partial charge in [-0.15, -0.1) is 6.58 Å². The van der Waals surface area contributed by atoms with Crippen molar-refractivity contribution in [2.45, 2.75) is 37.1 Å². The van der Waals surface area contributed by atoms with Gasteiger partial charge in [-0.1, -0.05) is 24.6 Å². The summed E-state index contributed by atoms with van der Waals surface area (Å²) in [6.07, 6.45) is 6.14. The fourth-order valence-electron chi connectivity index (χ4n) is 2.50. The summed E-state index contributed by atoms with van der Waals surface area (Å²) in [5.74, 6) is 0.578. The number of likely N-dealkylation sites (N-methyl/N-ethyl adjacent to an activating group) is 1. The van der Waals surface area contributed by atoms with Gasteiger partial charge in [0.15, 0.2) is 5.96 Å². The molecule has 0 radical (unpaired) electrons. The summed E-state index contributed by atoms with van der Waals surface area (Å²) in [5, 5.41) is 8.24. The van der Waals surface area contributed by atoms with Crippen LogP contribution in [0.2, 0.25) is 0 Å². The minimum Gasteiger partial charge on any atom is -0.347 e. The number of hydrogen-bond donors (Lipinski definition) is 2. The van der Waals surface area contributed by atoms with Crippen LogP contribution in [0.15, 0.2) is 46.8 Å². The van der Waals surface area contributed by atoms with E-state index in [9.17, 15) is 13.2 Å². The van der Waals surface area contributed by atoms with Crippen molar-refractivity contribution < 1.29 is 13.2 Å². The molecule has 1 aromatic carbocycles. The summed E-state index contributed by atoms with van der Waals surface area (Å²) < 4.78 is 22.7. The number of allylic oxidation sites excluding steroid dienone is 1. The van der Waals surface area contributed by atoms with E-state index in [4.69, 9.17) is 5.14 Å². The molecule has 8 nitrogen and oxygen atoms in total. The van der Waals surface area contributed by atoms with Gasteiger partial charge < -0.3 is 15.1 Å². The van der Waals surface area contributed by atoms with Gasteiger partial charge in [0.1, 0.15) is 0 Å². The van der Waals surface area contributed by atoms with Gasteiger partial charge in [-0.05, 0) is 37.0 Å². The molecule has 0 bridgehead atoms. The van der Waals surface area contributed by atoms with Crippen LogP contribution in [0.5, 0.6) is 0 Å². The maximum atomic E-state index is 11.9. The zero-order valence-electron chi connectivity index (χ0n) is 17.6. The molecule has 0 saturated carbocycles. The number of carbonyl (C=O) groups excluding carboxylic acids is 1. The fraction of sp³-hybridized carbons (Fsp3) is 0.500. The number of rotatable bonds is 11. The monoisotopic (exact) mass is 423 g/mol. The smallest absolute Gasteiger partial charge is 0.241 e. The Bertz CT molecular complexity index is 789. The number of benzene rings is 1. The van der Waals surface area contributed by atoms with E-state index in [-0.39, 0.29) is 17.3 Å². The van der Waals surface area contributed by atoms with Crippen molar-refractivity contribution in [2.75, 3.05) is 34.2 Å². The molecule has 3 N–H and O–H groups in total. The SMILES string of the molecule is C=CCCCCCN(C)C(=NCc1ccc(S(N)(=O)=O)cc1)NCC(=O)N(C)C. The average molecular weight is 424 g/mol. The zero-order chi connectivity index (χ0) is 21.9. The Balaban J connectivity index is 2.79. The number of carbonyl (C=O) groups is 1.